The van der Waals surface area contributed by atoms with Gasteiger partial charge in [-0.15, -0.1) is 0 Å². The molecule has 0 radical (unpaired) electrons. The van der Waals surface area contributed by atoms with Gasteiger partial charge in [-0.1, -0.05) is 11.6 Å². The molecule has 2 unspecified atom stereocenters. The normalized spacial score (nSPS) is 32.4. The fraction of sp³-hybridized carbons (Fsp3) is 0.636. The lowest BCUT2D eigenvalue weighted by Gasteiger charge is -2.52. The van der Waals surface area contributed by atoms with Crippen LogP contribution in [0.5, 0.6) is 0 Å². The summed E-state index contributed by atoms with van der Waals surface area (Å²) in [4.78, 5) is 10.6. The number of anilines is 1. The van der Waals surface area contributed by atoms with Crippen LogP contribution in [0.25, 0.3) is 0 Å². The summed E-state index contributed by atoms with van der Waals surface area (Å²) in [6.07, 6.45) is 5.02. The van der Waals surface area contributed by atoms with Crippen LogP contribution in [0.3, 0.4) is 0 Å². The predicted molar refractivity (Wildman–Crippen MR) is 61.6 cm³/mol. The Morgan fingerprint density at radius 2 is 2.00 bits per heavy atom. The number of rotatable bonds is 2. The number of methoxy groups -OCH3 is 1. The van der Waals surface area contributed by atoms with E-state index < -0.39 is 0 Å². The van der Waals surface area contributed by atoms with E-state index in [1.807, 2.05) is 0 Å². The molecule has 3 heterocycles. The van der Waals surface area contributed by atoms with Crippen molar-refractivity contribution in [3.8, 4) is 0 Å². The molecule has 0 amide bonds. The van der Waals surface area contributed by atoms with Crippen LogP contribution in [0, 0.1) is 11.8 Å². The third-order valence-electron chi connectivity index (χ3n) is 3.65. The zero-order chi connectivity index (χ0) is 11.1. The molecule has 0 N–H and O–H groups in total. The maximum atomic E-state index is 6.04. The molecule has 2 atom stereocenters. The number of nitrogens with zero attached hydrogens (tertiary/aromatic N) is 3. The lowest BCUT2D eigenvalue weighted by Crippen LogP contribution is -2.59. The summed E-state index contributed by atoms with van der Waals surface area (Å²) in [5, 5.41) is 0.498. The highest BCUT2D eigenvalue weighted by atomic mass is 35.5. The molecule has 4 rings (SSSR count). The summed E-state index contributed by atoms with van der Waals surface area (Å²) < 4.78 is 5.47. The summed E-state index contributed by atoms with van der Waals surface area (Å²) in [5.74, 6) is 2.07. The van der Waals surface area contributed by atoms with Crippen molar-refractivity contribution < 1.29 is 4.74 Å². The first-order valence-corrected chi connectivity index (χ1v) is 5.91. The summed E-state index contributed by atoms with van der Waals surface area (Å²) in [6, 6.07) is 0. The Labute approximate surface area is 99.6 Å². The Morgan fingerprint density at radius 3 is 2.62 bits per heavy atom. The van der Waals surface area contributed by atoms with E-state index >= 15 is 0 Å². The Morgan fingerprint density at radius 1 is 1.31 bits per heavy atom. The lowest BCUT2D eigenvalue weighted by molar-refractivity contribution is -0.0816. The van der Waals surface area contributed by atoms with Crippen molar-refractivity contribution in [2.24, 2.45) is 11.8 Å². The Balaban J connectivity index is 1.78. The van der Waals surface area contributed by atoms with Crippen molar-refractivity contribution in [3.05, 3.63) is 17.5 Å². The average Bonchev–Trinajstić information content (AvgIpc) is 2.30. The van der Waals surface area contributed by atoms with Crippen LogP contribution in [0.1, 0.15) is 6.42 Å². The largest absolute Gasteiger partial charge is 0.381 e. The van der Waals surface area contributed by atoms with E-state index in [4.69, 9.17) is 16.3 Å². The second-order valence-electron chi connectivity index (χ2n) is 4.53. The molecule has 5 heteroatoms. The van der Waals surface area contributed by atoms with Crippen molar-refractivity contribution in [1.82, 2.24) is 9.97 Å². The molecule has 0 aromatic carbocycles. The maximum Gasteiger partial charge on any atom is 0.171 e. The highest BCUT2D eigenvalue weighted by molar-refractivity contribution is 6.31. The Kier molecular flexibility index (Phi) is 2.48. The topological polar surface area (TPSA) is 38.2 Å². The first-order valence-electron chi connectivity index (χ1n) is 5.54. The molecule has 0 spiro atoms. The third-order valence-corrected chi connectivity index (χ3v) is 3.92. The fourth-order valence-corrected chi connectivity index (χ4v) is 3.15. The van der Waals surface area contributed by atoms with Crippen LogP contribution in [-0.2, 0) is 4.74 Å². The fourth-order valence-electron chi connectivity index (χ4n) is 2.93. The van der Waals surface area contributed by atoms with E-state index in [-0.39, 0.29) is 0 Å². The van der Waals surface area contributed by atoms with Crippen LogP contribution < -0.4 is 4.90 Å². The summed E-state index contributed by atoms with van der Waals surface area (Å²) in [6.45, 7) is 1.96. The number of ether oxygens (including phenoxy) is 1. The lowest BCUT2D eigenvalue weighted by atomic mass is 9.68. The zero-order valence-electron chi connectivity index (χ0n) is 9.14. The molecule has 2 bridgehead atoms. The number of piperidine rings is 2. The first kappa shape index (κ1) is 10.3. The van der Waals surface area contributed by atoms with E-state index in [0.29, 0.717) is 23.1 Å². The van der Waals surface area contributed by atoms with E-state index in [0.717, 1.165) is 18.9 Å². The molecule has 1 saturated carbocycles. The number of hydrogen-bond acceptors (Lipinski definition) is 4. The smallest absolute Gasteiger partial charge is 0.171 e. The SMILES string of the molecule is COC1C2CC1CN(c1nccnc1Cl)C2. The maximum absolute atomic E-state index is 6.04. The van der Waals surface area contributed by atoms with Gasteiger partial charge in [0.15, 0.2) is 11.0 Å². The molecule has 16 heavy (non-hydrogen) atoms. The van der Waals surface area contributed by atoms with Crippen LogP contribution in [-0.4, -0.2) is 36.3 Å². The molecule has 3 fully saturated rings. The quantitative estimate of drug-likeness (QED) is 0.786. The van der Waals surface area contributed by atoms with Gasteiger partial charge in [-0.3, -0.25) is 0 Å². The van der Waals surface area contributed by atoms with Gasteiger partial charge < -0.3 is 9.64 Å². The molecule has 2 aliphatic heterocycles. The van der Waals surface area contributed by atoms with E-state index in [1.165, 1.54) is 6.42 Å². The third kappa shape index (κ3) is 1.48. The van der Waals surface area contributed by atoms with Crippen LogP contribution >= 0.6 is 11.6 Å². The van der Waals surface area contributed by atoms with Crippen molar-refractivity contribution >= 4 is 17.4 Å². The number of halogens is 1. The minimum absolute atomic E-state index is 0.437. The molecule has 86 valence electrons. The summed E-state index contributed by atoms with van der Waals surface area (Å²) >= 11 is 6.04. The van der Waals surface area contributed by atoms with Crippen LogP contribution in [0.15, 0.2) is 12.4 Å². The molecule has 1 aromatic heterocycles. The zero-order valence-corrected chi connectivity index (χ0v) is 9.89. The van der Waals surface area contributed by atoms with Gasteiger partial charge >= 0.3 is 0 Å². The standard InChI is InChI=1S/C11H14ClN3O/c1-16-9-7-4-8(9)6-15(5-7)11-10(12)13-2-3-14-11/h2-3,7-9H,4-6H2,1H3. The molecule has 1 aromatic rings. The second kappa shape index (κ2) is 3.86. The van der Waals surface area contributed by atoms with E-state index in [9.17, 15) is 0 Å². The first-order chi connectivity index (χ1) is 7.79. The summed E-state index contributed by atoms with van der Waals surface area (Å²) in [5.41, 5.74) is 0. The monoisotopic (exact) mass is 239 g/mol. The van der Waals surface area contributed by atoms with E-state index in [1.54, 1.807) is 19.5 Å². The van der Waals surface area contributed by atoms with Crippen molar-refractivity contribution in [1.29, 1.82) is 0 Å². The van der Waals surface area contributed by atoms with Gasteiger partial charge in [0.25, 0.3) is 0 Å². The number of hydrogen-bond donors (Lipinski definition) is 0. The molecular weight excluding hydrogens is 226 g/mol. The molecule has 2 saturated heterocycles. The second-order valence-corrected chi connectivity index (χ2v) is 4.89. The van der Waals surface area contributed by atoms with Crippen molar-refractivity contribution in [2.75, 3.05) is 25.1 Å². The van der Waals surface area contributed by atoms with Crippen LogP contribution in [0.4, 0.5) is 5.82 Å². The van der Waals surface area contributed by atoms with Gasteiger partial charge in [0.1, 0.15) is 0 Å². The van der Waals surface area contributed by atoms with Gasteiger partial charge in [-0.05, 0) is 6.42 Å². The van der Waals surface area contributed by atoms with Crippen LogP contribution in [0.2, 0.25) is 5.15 Å². The van der Waals surface area contributed by atoms with Gasteiger partial charge in [0, 0.05) is 44.4 Å². The summed E-state index contributed by atoms with van der Waals surface area (Å²) in [7, 11) is 1.80. The highest BCUT2D eigenvalue weighted by Crippen LogP contribution is 2.43. The van der Waals surface area contributed by atoms with Crippen molar-refractivity contribution in [3.63, 3.8) is 0 Å². The Hall–Kier alpha value is -0.870. The van der Waals surface area contributed by atoms with Gasteiger partial charge in [0.05, 0.1) is 6.10 Å². The van der Waals surface area contributed by atoms with Crippen molar-refractivity contribution in [2.45, 2.75) is 12.5 Å². The van der Waals surface area contributed by atoms with Gasteiger partial charge in [-0.2, -0.15) is 0 Å². The van der Waals surface area contributed by atoms with Gasteiger partial charge in [0.2, 0.25) is 0 Å². The molecular formula is C11H14ClN3O. The average molecular weight is 240 g/mol. The molecule has 3 aliphatic rings. The van der Waals surface area contributed by atoms with E-state index in [2.05, 4.69) is 14.9 Å². The number of fused-ring (bicyclic) bond motifs is 2. The Bertz CT molecular complexity index is 389. The minimum Gasteiger partial charge on any atom is -0.381 e. The predicted octanol–water partition coefficient (Wildman–Crippen LogP) is 1.60. The minimum atomic E-state index is 0.437. The molecule has 1 aliphatic carbocycles. The van der Waals surface area contributed by atoms with Gasteiger partial charge in [-0.25, -0.2) is 9.97 Å². The highest BCUT2D eigenvalue weighted by Gasteiger charge is 2.47. The molecule has 4 nitrogen and oxygen atoms in total. The number of aromatic nitrogens is 2.